The van der Waals surface area contributed by atoms with Crippen LogP contribution in [0.3, 0.4) is 0 Å². The highest BCUT2D eigenvalue weighted by Crippen LogP contribution is 2.67. The van der Waals surface area contributed by atoms with Gasteiger partial charge in [0.2, 0.25) is 0 Å². The lowest BCUT2D eigenvalue weighted by molar-refractivity contribution is -0.175. The summed E-state index contributed by atoms with van der Waals surface area (Å²) < 4.78 is 11.5. The molecule has 4 nitrogen and oxygen atoms in total. The molecule has 0 N–H and O–H groups in total. The van der Waals surface area contributed by atoms with Gasteiger partial charge in [-0.3, -0.25) is 9.59 Å². The van der Waals surface area contributed by atoms with E-state index in [1.807, 2.05) is 0 Å². The zero-order valence-corrected chi connectivity index (χ0v) is 18.4. The highest BCUT2D eigenvalue weighted by atomic mass is 16.5. The monoisotopic (exact) mass is 400 g/mol. The molecule has 29 heavy (non-hydrogen) atoms. The van der Waals surface area contributed by atoms with Crippen LogP contribution in [0.25, 0.3) is 0 Å². The maximum absolute atomic E-state index is 11.7. The second kappa shape index (κ2) is 7.33. The summed E-state index contributed by atoms with van der Waals surface area (Å²) in [5, 5.41) is 0. The summed E-state index contributed by atoms with van der Waals surface area (Å²) in [6.45, 7) is 7.83. The number of rotatable bonds is 2. The van der Waals surface area contributed by atoms with Crippen molar-refractivity contribution in [2.75, 3.05) is 0 Å². The Labute approximate surface area is 175 Å². The maximum Gasteiger partial charge on any atom is 0.302 e. The van der Waals surface area contributed by atoms with Crippen molar-refractivity contribution in [3.8, 4) is 12.3 Å². The van der Waals surface area contributed by atoms with Crippen molar-refractivity contribution in [3.63, 3.8) is 0 Å². The third-order valence-corrected chi connectivity index (χ3v) is 9.45. The number of carbonyl (C=O) groups excluding carboxylic acids is 2. The van der Waals surface area contributed by atoms with Gasteiger partial charge in [0.05, 0.1) is 5.92 Å². The van der Waals surface area contributed by atoms with E-state index in [1.165, 1.54) is 33.1 Å². The molecule has 0 spiro atoms. The van der Waals surface area contributed by atoms with Gasteiger partial charge >= 0.3 is 11.9 Å². The van der Waals surface area contributed by atoms with Gasteiger partial charge in [0.1, 0.15) is 12.2 Å². The molecule has 4 aliphatic rings. The van der Waals surface area contributed by atoms with Crippen LogP contribution in [0.2, 0.25) is 0 Å². The molecule has 0 unspecified atom stereocenters. The molecule has 0 aromatic heterocycles. The third-order valence-electron chi connectivity index (χ3n) is 9.45. The Hall–Kier alpha value is -1.50. The fraction of sp³-hybridized carbons (Fsp3) is 0.840. The molecule has 4 rings (SSSR count). The summed E-state index contributed by atoms with van der Waals surface area (Å²) >= 11 is 0. The van der Waals surface area contributed by atoms with Crippen LogP contribution < -0.4 is 0 Å². The van der Waals surface area contributed by atoms with Crippen molar-refractivity contribution in [2.45, 2.75) is 91.3 Å². The van der Waals surface area contributed by atoms with Crippen LogP contribution in [0, 0.1) is 52.8 Å². The number of hydrogen-bond acceptors (Lipinski definition) is 4. The van der Waals surface area contributed by atoms with E-state index < -0.39 is 0 Å². The molecular formula is C25H36O4. The van der Waals surface area contributed by atoms with Crippen molar-refractivity contribution < 1.29 is 19.1 Å². The molecule has 4 heteroatoms. The number of hydrogen-bond donors (Lipinski definition) is 0. The second-order valence-electron chi connectivity index (χ2n) is 10.7. The zero-order valence-electron chi connectivity index (χ0n) is 18.4. The molecule has 4 fully saturated rings. The first-order chi connectivity index (χ1) is 13.7. The Morgan fingerprint density at radius 3 is 2.28 bits per heavy atom. The SMILES string of the molecule is C#C[C@@H]1C[C@@H]2CC[C@@H]3[C@H](CC[C@]4(C)[C@@H](OC(C)=O)CC[C@@H]34)[C@@]2(C)C[C@H]1OC(C)=O. The molecule has 4 aliphatic carbocycles. The molecule has 0 aromatic carbocycles. The van der Waals surface area contributed by atoms with Crippen LogP contribution in [0.1, 0.15) is 79.1 Å². The zero-order chi connectivity index (χ0) is 21.0. The lowest BCUT2D eigenvalue weighted by Crippen LogP contribution is -2.56. The Morgan fingerprint density at radius 1 is 0.931 bits per heavy atom. The topological polar surface area (TPSA) is 52.6 Å². The van der Waals surface area contributed by atoms with Crippen molar-refractivity contribution in [3.05, 3.63) is 0 Å². The molecule has 0 heterocycles. The highest BCUT2D eigenvalue weighted by Gasteiger charge is 2.62. The van der Waals surface area contributed by atoms with Gasteiger partial charge in [-0.2, -0.15) is 0 Å². The largest absolute Gasteiger partial charge is 0.462 e. The summed E-state index contributed by atoms with van der Waals surface area (Å²) in [6.07, 6.45) is 14.6. The second-order valence-corrected chi connectivity index (χ2v) is 10.7. The van der Waals surface area contributed by atoms with Gasteiger partial charge in [-0.15, -0.1) is 6.42 Å². The molecule has 0 aromatic rings. The molecule has 0 bridgehead atoms. The average Bonchev–Trinajstić information content (AvgIpc) is 2.96. The summed E-state index contributed by atoms with van der Waals surface area (Å²) in [5.41, 5.74) is 0.290. The standard InChI is InChI=1S/C25H36O4/c1-6-17-13-18-7-8-19-20-9-10-23(29-16(3)27)24(20,4)12-11-21(19)25(18,5)14-22(17)28-15(2)26/h1,17-23H,7-14H2,2-5H3/t17-,18+,19+,20+,21+,22-,23+,24+,25+/m1/s1. The van der Waals surface area contributed by atoms with Gasteiger partial charge in [0.25, 0.3) is 0 Å². The van der Waals surface area contributed by atoms with E-state index in [0.29, 0.717) is 23.7 Å². The molecule has 0 radical (unpaired) electrons. The van der Waals surface area contributed by atoms with Crippen LogP contribution in [-0.2, 0) is 19.1 Å². The highest BCUT2D eigenvalue weighted by molar-refractivity contribution is 5.66. The summed E-state index contributed by atoms with van der Waals surface area (Å²) in [4.78, 5) is 23.3. The molecule has 160 valence electrons. The van der Waals surface area contributed by atoms with Crippen LogP contribution in [-0.4, -0.2) is 24.1 Å². The lowest BCUT2D eigenvalue weighted by Gasteiger charge is -2.61. The van der Waals surface area contributed by atoms with Crippen molar-refractivity contribution in [1.29, 1.82) is 0 Å². The van der Waals surface area contributed by atoms with Crippen LogP contribution >= 0.6 is 0 Å². The molecule has 0 amide bonds. The number of terminal acetylenes is 1. The molecule has 9 atom stereocenters. The Kier molecular flexibility index (Phi) is 5.24. The minimum Gasteiger partial charge on any atom is -0.462 e. The quantitative estimate of drug-likeness (QED) is 0.496. The number of carbonyl (C=O) groups is 2. The Bertz CT molecular complexity index is 723. The molecule has 0 saturated heterocycles. The first-order valence-corrected chi connectivity index (χ1v) is 11.5. The molecule has 0 aliphatic heterocycles. The maximum atomic E-state index is 11.7. The van der Waals surface area contributed by atoms with Crippen LogP contribution in [0.4, 0.5) is 0 Å². The summed E-state index contributed by atoms with van der Waals surface area (Å²) in [7, 11) is 0. The van der Waals surface area contributed by atoms with Crippen LogP contribution in [0.15, 0.2) is 0 Å². The van der Waals surface area contributed by atoms with E-state index in [4.69, 9.17) is 15.9 Å². The fourth-order valence-electron chi connectivity index (χ4n) is 8.13. The fourth-order valence-corrected chi connectivity index (χ4v) is 8.13. The normalized spacial score (nSPS) is 48.4. The van der Waals surface area contributed by atoms with E-state index in [9.17, 15) is 9.59 Å². The Balaban J connectivity index is 1.58. The van der Waals surface area contributed by atoms with Gasteiger partial charge < -0.3 is 9.47 Å². The van der Waals surface area contributed by atoms with Crippen LogP contribution in [0.5, 0.6) is 0 Å². The van der Waals surface area contributed by atoms with Gasteiger partial charge in [0.15, 0.2) is 0 Å². The van der Waals surface area contributed by atoms with Gasteiger partial charge in [-0.05, 0) is 80.5 Å². The van der Waals surface area contributed by atoms with Crippen molar-refractivity contribution >= 4 is 11.9 Å². The molecule has 4 saturated carbocycles. The predicted molar refractivity (Wildman–Crippen MR) is 111 cm³/mol. The first kappa shape index (κ1) is 20.8. The third kappa shape index (κ3) is 3.29. The number of fused-ring (bicyclic) bond motifs is 5. The van der Waals surface area contributed by atoms with Gasteiger partial charge in [-0.1, -0.05) is 19.8 Å². The lowest BCUT2D eigenvalue weighted by atomic mass is 9.44. The van der Waals surface area contributed by atoms with E-state index >= 15 is 0 Å². The van der Waals surface area contributed by atoms with E-state index in [-0.39, 0.29) is 40.9 Å². The number of ether oxygens (including phenoxy) is 2. The average molecular weight is 401 g/mol. The van der Waals surface area contributed by atoms with E-state index in [0.717, 1.165) is 32.1 Å². The van der Waals surface area contributed by atoms with Crippen molar-refractivity contribution in [1.82, 2.24) is 0 Å². The summed E-state index contributed by atoms with van der Waals surface area (Å²) in [6, 6.07) is 0. The molecular weight excluding hydrogens is 364 g/mol. The first-order valence-electron chi connectivity index (χ1n) is 11.5. The van der Waals surface area contributed by atoms with E-state index in [1.54, 1.807) is 0 Å². The van der Waals surface area contributed by atoms with E-state index in [2.05, 4.69) is 19.8 Å². The van der Waals surface area contributed by atoms with Gasteiger partial charge in [-0.25, -0.2) is 0 Å². The number of esters is 2. The van der Waals surface area contributed by atoms with Crippen molar-refractivity contribution in [2.24, 2.45) is 40.4 Å². The summed E-state index contributed by atoms with van der Waals surface area (Å²) in [5.74, 6) is 5.16. The Morgan fingerprint density at radius 2 is 1.62 bits per heavy atom. The van der Waals surface area contributed by atoms with Gasteiger partial charge in [0, 0.05) is 19.3 Å². The minimum absolute atomic E-state index is 0.0437. The smallest absolute Gasteiger partial charge is 0.302 e. The minimum atomic E-state index is -0.221. The predicted octanol–water partition coefficient (Wildman–Crippen LogP) is 4.75.